The molecule has 1 N–H and O–H groups in total. The lowest BCUT2D eigenvalue weighted by Crippen LogP contribution is -2.43. The van der Waals surface area contributed by atoms with Gasteiger partial charge in [0.15, 0.2) is 0 Å². The maximum Gasteiger partial charge on any atom is 0.307 e. The monoisotopic (exact) mass is 498 g/mol. The second-order valence-corrected chi connectivity index (χ2v) is 11.9. The van der Waals surface area contributed by atoms with E-state index in [4.69, 9.17) is 16.3 Å². The van der Waals surface area contributed by atoms with Crippen molar-refractivity contribution in [3.05, 3.63) is 52.2 Å². The fourth-order valence-corrected chi connectivity index (χ4v) is 7.59. The molecule has 0 saturated heterocycles. The summed E-state index contributed by atoms with van der Waals surface area (Å²) in [6.45, 7) is 8.05. The van der Waals surface area contributed by atoms with E-state index >= 15 is 0 Å². The lowest BCUT2D eigenvalue weighted by molar-refractivity contribution is -0.136. The summed E-state index contributed by atoms with van der Waals surface area (Å²) in [5.74, 6) is -0.366. The number of methoxy groups -OCH3 is 1. The number of halogens is 1. The smallest absolute Gasteiger partial charge is 0.307 e. The molecular formula is C27H31ClN2O3S. The predicted octanol–water partition coefficient (Wildman–Crippen LogP) is 6.07. The normalized spacial score (nSPS) is 22.1. The van der Waals surface area contributed by atoms with Crippen LogP contribution in [0.4, 0.5) is 5.69 Å². The van der Waals surface area contributed by atoms with E-state index in [0.29, 0.717) is 10.9 Å². The third-order valence-electron chi connectivity index (χ3n) is 7.60. The molecule has 0 bridgehead atoms. The molecule has 34 heavy (non-hydrogen) atoms. The van der Waals surface area contributed by atoms with E-state index in [-0.39, 0.29) is 22.6 Å². The van der Waals surface area contributed by atoms with E-state index in [9.17, 15) is 9.90 Å². The number of anilines is 1. The molecule has 5 nitrogen and oxygen atoms in total. The van der Waals surface area contributed by atoms with Crippen LogP contribution in [0.5, 0.6) is 0 Å². The Morgan fingerprint density at radius 3 is 2.65 bits per heavy atom. The number of rotatable bonds is 6. The predicted molar refractivity (Wildman–Crippen MR) is 144 cm³/mol. The number of ether oxygens (including phenoxy) is 1. The van der Waals surface area contributed by atoms with Crippen molar-refractivity contribution in [3.8, 4) is 11.1 Å². The highest BCUT2D eigenvalue weighted by Gasteiger charge is 2.61. The molecule has 3 aromatic rings. The quantitative estimate of drug-likeness (QED) is 0.419. The third kappa shape index (κ3) is 3.42. The van der Waals surface area contributed by atoms with Gasteiger partial charge in [0.05, 0.1) is 29.8 Å². The number of aliphatic carboxylic acids is 1. The highest BCUT2D eigenvalue weighted by molar-refractivity contribution is 8.15. The van der Waals surface area contributed by atoms with Crippen molar-refractivity contribution in [3.63, 3.8) is 0 Å². The van der Waals surface area contributed by atoms with Crippen LogP contribution in [-0.2, 0) is 22.5 Å². The Bertz CT molecular complexity index is 1340. The molecule has 0 radical (unpaired) electrons. The average molecular weight is 499 g/mol. The Balaban J connectivity index is 1.87. The maximum absolute atomic E-state index is 12.1. The van der Waals surface area contributed by atoms with Gasteiger partial charge in [0.25, 0.3) is 0 Å². The molecule has 7 heteroatoms. The molecule has 180 valence electrons. The van der Waals surface area contributed by atoms with Crippen molar-refractivity contribution in [2.75, 3.05) is 24.3 Å². The van der Waals surface area contributed by atoms with Gasteiger partial charge in [-0.05, 0) is 79.3 Å². The van der Waals surface area contributed by atoms with Crippen molar-refractivity contribution < 1.29 is 14.6 Å². The van der Waals surface area contributed by atoms with Gasteiger partial charge in [0, 0.05) is 35.7 Å². The van der Waals surface area contributed by atoms with Gasteiger partial charge >= 0.3 is 5.97 Å². The summed E-state index contributed by atoms with van der Waals surface area (Å²) in [6, 6.07) is 9.99. The van der Waals surface area contributed by atoms with Crippen molar-refractivity contribution in [2.45, 2.75) is 45.7 Å². The van der Waals surface area contributed by atoms with Gasteiger partial charge in [-0.25, -0.2) is 0 Å². The Morgan fingerprint density at radius 2 is 2.03 bits per heavy atom. The minimum atomic E-state index is -0.820. The molecule has 1 aliphatic carbocycles. The van der Waals surface area contributed by atoms with E-state index in [1.807, 2.05) is 24.3 Å². The molecule has 2 aromatic carbocycles. The highest BCUT2D eigenvalue weighted by atomic mass is 35.5. The summed E-state index contributed by atoms with van der Waals surface area (Å²) in [6.07, 6.45) is 3.33. The summed E-state index contributed by atoms with van der Waals surface area (Å²) in [5.41, 5.74) is 7.55. The van der Waals surface area contributed by atoms with Crippen molar-refractivity contribution in [1.29, 1.82) is 0 Å². The van der Waals surface area contributed by atoms with Crippen molar-refractivity contribution in [2.24, 2.45) is 5.92 Å². The van der Waals surface area contributed by atoms with Gasteiger partial charge in [-0.1, -0.05) is 23.7 Å². The molecule has 2 aliphatic rings. The summed E-state index contributed by atoms with van der Waals surface area (Å²) < 4.78 is 10.7. The lowest BCUT2D eigenvalue weighted by Gasteiger charge is -2.43. The fraction of sp³-hybridized carbons (Fsp3) is 0.407. The first-order chi connectivity index (χ1) is 16.2. The van der Waals surface area contributed by atoms with Crippen LogP contribution in [0, 0.1) is 19.8 Å². The topological polar surface area (TPSA) is 54.7 Å². The van der Waals surface area contributed by atoms with Gasteiger partial charge < -0.3 is 18.7 Å². The molecule has 1 saturated carbocycles. The number of hydrogen-bond acceptors (Lipinski definition) is 3. The maximum atomic E-state index is 12.1. The molecule has 1 fully saturated rings. The molecule has 3 atom stereocenters. The first kappa shape index (κ1) is 23.5. The standard InChI is InChI=1S/C27H31ClN2O3S/c1-6-34(5)30-25-17(3)21(12-23(31)32)24(18-7-9-20(28)10-8-18)22-11-16(2)29(26(22)25)15-27(30)13-19(27)14-33-4/h6-11,19H,12-15H2,1-5H3,(H,31,32)/t19-,27?,34?/m0/s1. The lowest BCUT2D eigenvalue weighted by atomic mass is 9.88. The number of benzene rings is 2. The van der Waals surface area contributed by atoms with E-state index in [1.54, 1.807) is 7.11 Å². The number of nitrogens with zero attached hydrogens (tertiary/aromatic N) is 2. The van der Waals surface area contributed by atoms with Crippen LogP contribution < -0.4 is 4.31 Å². The second-order valence-electron chi connectivity index (χ2n) is 9.55. The van der Waals surface area contributed by atoms with E-state index < -0.39 is 5.97 Å². The Labute approximate surface area is 208 Å². The van der Waals surface area contributed by atoms with E-state index in [0.717, 1.165) is 47.2 Å². The average Bonchev–Trinajstić information content (AvgIpc) is 3.37. The molecule has 1 aliphatic heterocycles. The molecule has 2 heterocycles. The van der Waals surface area contributed by atoms with Crippen LogP contribution in [-0.4, -0.2) is 46.5 Å². The number of carboxylic acids is 1. The molecule has 1 aromatic heterocycles. The zero-order valence-electron chi connectivity index (χ0n) is 20.3. The zero-order chi connectivity index (χ0) is 24.4. The summed E-state index contributed by atoms with van der Waals surface area (Å²) in [5, 5.41) is 14.0. The zero-order valence-corrected chi connectivity index (χ0v) is 21.9. The summed E-state index contributed by atoms with van der Waals surface area (Å²) in [7, 11) is 1.67. The number of aromatic nitrogens is 1. The summed E-state index contributed by atoms with van der Waals surface area (Å²) >= 11 is 6.19. The molecule has 2 unspecified atom stereocenters. The highest BCUT2D eigenvalue weighted by Crippen LogP contribution is 2.60. The summed E-state index contributed by atoms with van der Waals surface area (Å²) in [4.78, 5) is 12.1. The van der Waals surface area contributed by atoms with E-state index in [1.165, 1.54) is 16.9 Å². The molecule has 1 spiro atoms. The second kappa shape index (κ2) is 8.43. The first-order valence-electron chi connectivity index (χ1n) is 11.6. The number of carbonyl (C=O) groups is 1. The molecule has 0 amide bonds. The largest absolute Gasteiger partial charge is 0.481 e. The minimum absolute atomic E-state index is 0.00284. The van der Waals surface area contributed by atoms with Crippen LogP contribution in [0.25, 0.3) is 22.0 Å². The van der Waals surface area contributed by atoms with Gasteiger partial charge in [-0.15, -0.1) is 10.7 Å². The van der Waals surface area contributed by atoms with Crippen molar-refractivity contribution in [1.82, 2.24) is 4.57 Å². The number of carboxylic acid groups (broad SMARTS) is 1. The molecular weight excluding hydrogens is 468 g/mol. The minimum Gasteiger partial charge on any atom is -0.481 e. The number of aryl methyl sites for hydroxylation is 1. The van der Waals surface area contributed by atoms with Crippen LogP contribution in [0.1, 0.15) is 30.2 Å². The van der Waals surface area contributed by atoms with E-state index in [2.05, 4.69) is 47.3 Å². The van der Waals surface area contributed by atoms with Crippen LogP contribution in [0.3, 0.4) is 0 Å². The van der Waals surface area contributed by atoms with Gasteiger partial charge in [0.2, 0.25) is 0 Å². The Kier molecular flexibility index (Phi) is 5.82. The Hall–Kier alpha value is -2.28. The Morgan fingerprint density at radius 1 is 1.32 bits per heavy atom. The first-order valence-corrected chi connectivity index (χ1v) is 13.6. The SMILES string of the molecule is C/C=S(/C)N1c2c(C)c(CC(=O)O)c(-c3ccc(Cl)cc3)c3cc(C)n(c23)CC12C[C@H]2COC. The number of hydrogen-bond donors (Lipinski definition) is 1. The fourth-order valence-electron chi connectivity index (χ4n) is 5.89. The van der Waals surface area contributed by atoms with Crippen LogP contribution >= 0.6 is 22.3 Å². The van der Waals surface area contributed by atoms with Gasteiger partial charge in [-0.3, -0.25) is 4.79 Å². The van der Waals surface area contributed by atoms with Gasteiger partial charge in [0.1, 0.15) is 0 Å². The molecule has 5 rings (SSSR count). The van der Waals surface area contributed by atoms with Crippen molar-refractivity contribution >= 4 is 50.2 Å². The van der Waals surface area contributed by atoms with Crippen LogP contribution in [0.15, 0.2) is 30.3 Å². The third-order valence-corrected chi connectivity index (χ3v) is 9.66. The van der Waals surface area contributed by atoms with Crippen LogP contribution in [0.2, 0.25) is 5.02 Å². The van der Waals surface area contributed by atoms with Gasteiger partial charge in [-0.2, -0.15) is 0 Å².